The van der Waals surface area contributed by atoms with Crippen molar-refractivity contribution in [3.05, 3.63) is 42.5 Å². The van der Waals surface area contributed by atoms with Gasteiger partial charge in [-0.15, -0.1) is 0 Å². The lowest BCUT2D eigenvalue weighted by molar-refractivity contribution is 0.591. The van der Waals surface area contributed by atoms with E-state index in [9.17, 15) is 8.42 Å². The molecule has 0 spiro atoms. The maximum absolute atomic E-state index is 11.3. The minimum atomic E-state index is -3.32. The van der Waals surface area contributed by atoms with Crippen molar-refractivity contribution in [3.63, 3.8) is 0 Å². The monoisotopic (exact) mass is 234 g/mol. The molecule has 0 bridgehead atoms. The van der Waals surface area contributed by atoms with Gasteiger partial charge < -0.3 is 0 Å². The Bertz CT molecular complexity index is 605. The summed E-state index contributed by atoms with van der Waals surface area (Å²) >= 11 is 0. The number of fused-ring (bicyclic) bond motifs is 1. The van der Waals surface area contributed by atoms with Crippen molar-refractivity contribution in [1.82, 2.24) is 4.72 Å². The molecule has 0 atom stereocenters. The van der Waals surface area contributed by atoms with Crippen LogP contribution in [0.15, 0.2) is 42.5 Å². The zero-order chi connectivity index (χ0) is 11.6. The van der Waals surface area contributed by atoms with Gasteiger partial charge in [-0.05, 0) is 29.8 Å². The molecule has 0 aliphatic rings. The Balaban J connectivity index is 2.40. The Kier molecular flexibility index (Phi) is 2.83. The van der Waals surface area contributed by atoms with Gasteiger partial charge in [-0.3, -0.25) is 0 Å². The summed E-state index contributed by atoms with van der Waals surface area (Å²) in [5, 5.41) is 2.07. The molecule has 0 N–H and O–H groups in total. The van der Waals surface area contributed by atoms with Crippen LogP contribution in [0, 0.1) is 0 Å². The summed E-state index contributed by atoms with van der Waals surface area (Å²) in [5.74, 6) is 0.0276. The van der Waals surface area contributed by atoms with E-state index in [0.717, 1.165) is 10.8 Å². The predicted molar refractivity (Wildman–Crippen MR) is 65.2 cm³/mol. The second kappa shape index (κ2) is 4.14. The molecule has 0 heterocycles. The highest BCUT2D eigenvalue weighted by Gasteiger charge is 2.09. The van der Waals surface area contributed by atoms with Crippen LogP contribution >= 0.6 is 0 Å². The molecule has 3 nitrogen and oxygen atoms in total. The van der Waals surface area contributed by atoms with Crippen LogP contribution in [0.3, 0.4) is 0 Å². The first-order chi connectivity index (χ1) is 7.61. The van der Waals surface area contributed by atoms with Gasteiger partial charge in [0.05, 0.1) is 11.4 Å². The van der Waals surface area contributed by atoms with Crippen molar-refractivity contribution in [2.24, 2.45) is 0 Å². The molecule has 83 valence electrons. The average molecular weight is 234 g/mol. The molecule has 0 saturated carbocycles. The van der Waals surface area contributed by atoms with Crippen molar-refractivity contribution in [2.45, 2.75) is 6.92 Å². The average Bonchev–Trinajstić information content (AvgIpc) is 2.28. The molecule has 0 fully saturated rings. The fourth-order valence-corrected chi connectivity index (χ4v) is 2.02. The lowest BCUT2D eigenvalue weighted by Crippen LogP contribution is -2.13. The highest BCUT2D eigenvalue weighted by atomic mass is 32.2. The van der Waals surface area contributed by atoms with Crippen molar-refractivity contribution in [2.75, 3.05) is 5.75 Å². The number of nitrogens with zero attached hydrogens (tertiary/aromatic N) is 1. The second-order valence-corrected chi connectivity index (χ2v) is 5.42. The summed E-state index contributed by atoms with van der Waals surface area (Å²) in [6, 6.07) is 13.2. The Morgan fingerprint density at radius 2 is 1.75 bits per heavy atom. The van der Waals surface area contributed by atoms with Crippen molar-refractivity contribution < 1.29 is 8.42 Å². The first-order valence-corrected chi connectivity index (χ1v) is 6.66. The van der Waals surface area contributed by atoms with Gasteiger partial charge in [-0.1, -0.05) is 30.3 Å². The predicted octanol–water partition coefficient (Wildman–Crippen LogP) is 2.43. The number of sulfonamides is 1. The van der Waals surface area contributed by atoms with E-state index in [4.69, 9.17) is 0 Å². The van der Waals surface area contributed by atoms with Crippen LogP contribution < -0.4 is 4.72 Å². The van der Waals surface area contributed by atoms with Gasteiger partial charge in [0.1, 0.15) is 0 Å². The Hall–Kier alpha value is -1.55. The summed E-state index contributed by atoms with van der Waals surface area (Å²) in [4.78, 5) is 0. The highest BCUT2D eigenvalue weighted by Crippen LogP contribution is 2.19. The van der Waals surface area contributed by atoms with Gasteiger partial charge in [0.15, 0.2) is 0 Å². The summed E-state index contributed by atoms with van der Waals surface area (Å²) in [7, 11) is -3.32. The Labute approximate surface area is 95.2 Å². The molecule has 4 heteroatoms. The van der Waals surface area contributed by atoms with E-state index < -0.39 is 10.0 Å². The highest BCUT2D eigenvalue weighted by molar-refractivity contribution is 7.89. The van der Waals surface area contributed by atoms with Gasteiger partial charge in [0.25, 0.3) is 10.0 Å². The summed E-state index contributed by atoms with van der Waals surface area (Å²) < 4.78 is 26.4. The molecule has 16 heavy (non-hydrogen) atoms. The SMILES string of the molecule is CCS(=O)(=O)[N]c1ccc2ccccc2c1. The molecule has 0 aliphatic heterocycles. The zero-order valence-electron chi connectivity index (χ0n) is 8.92. The minimum absolute atomic E-state index is 0.0276. The van der Waals surface area contributed by atoms with Gasteiger partial charge in [-0.2, -0.15) is 4.72 Å². The Morgan fingerprint density at radius 1 is 1.06 bits per heavy atom. The molecule has 2 rings (SSSR count). The van der Waals surface area contributed by atoms with E-state index in [-0.39, 0.29) is 5.75 Å². The lowest BCUT2D eigenvalue weighted by atomic mass is 10.1. The molecular formula is C12H12NO2S. The molecule has 0 saturated heterocycles. The third-order valence-electron chi connectivity index (χ3n) is 2.34. The largest absolute Gasteiger partial charge is 0.253 e. The van der Waals surface area contributed by atoms with E-state index in [1.165, 1.54) is 0 Å². The van der Waals surface area contributed by atoms with Gasteiger partial charge in [0.2, 0.25) is 0 Å². The van der Waals surface area contributed by atoms with E-state index in [2.05, 4.69) is 4.72 Å². The van der Waals surface area contributed by atoms with E-state index >= 15 is 0 Å². The summed E-state index contributed by atoms with van der Waals surface area (Å²) in [5.41, 5.74) is 0.487. The standard InChI is InChI=1S/C12H12NO2S/c1-2-16(14,15)13-12-8-7-10-5-3-4-6-11(10)9-12/h3-9H,2H2,1H3. The third kappa shape index (κ3) is 2.33. The molecule has 0 aliphatic carbocycles. The van der Waals surface area contributed by atoms with Crippen molar-refractivity contribution in [1.29, 1.82) is 0 Å². The molecule has 2 aromatic rings. The van der Waals surface area contributed by atoms with Crippen LogP contribution in [0.4, 0.5) is 5.69 Å². The van der Waals surface area contributed by atoms with Crippen LogP contribution in [0.2, 0.25) is 0 Å². The summed E-state index contributed by atoms with van der Waals surface area (Å²) in [6.45, 7) is 1.58. The van der Waals surface area contributed by atoms with Gasteiger partial charge >= 0.3 is 0 Å². The smallest absolute Gasteiger partial charge is 0.205 e. The lowest BCUT2D eigenvalue weighted by Gasteiger charge is -2.03. The first-order valence-electron chi connectivity index (χ1n) is 5.05. The van der Waals surface area contributed by atoms with Gasteiger partial charge in [0, 0.05) is 0 Å². The van der Waals surface area contributed by atoms with Gasteiger partial charge in [-0.25, -0.2) is 8.42 Å². The van der Waals surface area contributed by atoms with Crippen molar-refractivity contribution in [3.8, 4) is 0 Å². The molecule has 0 unspecified atom stereocenters. The number of rotatable bonds is 3. The van der Waals surface area contributed by atoms with E-state index in [0.29, 0.717) is 5.69 Å². The fraction of sp³-hybridized carbons (Fsp3) is 0.167. The third-order valence-corrected chi connectivity index (χ3v) is 3.56. The fourth-order valence-electron chi connectivity index (χ4n) is 1.46. The van der Waals surface area contributed by atoms with Crippen LogP contribution in [-0.2, 0) is 10.0 Å². The zero-order valence-corrected chi connectivity index (χ0v) is 9.74. The quantitative estimate of drug-likeness (QED) is 0.818. The first kappa shape index (κ1) is 11.0. The second-order valence-electron chi connectivity index (χ2n) is 3.49. The topological polar surface area (TPSA) is 48.2 Å². The maximum Gasteiger partial charge on any atom is 0.253 e. The van der Waals surface area contributed by atoms with E-state index in [1.807, 2.05) is 30.3 Å². The number of hydrogen-bond acceptors (Lipinski definition) is 2. The van der Waals surface area contributed by atoms with Crippen LogP contribution in [0.5, 0.6) is 0 Å². The van der Waals surface area contributed by atoms with Crippen LogP contribution in [0.1, 0.15) is 6.92 Å². The van der Waals surface area contributed by atoms with Crippen molar-refractivity contribution >= 4 is 26.5 Å². The van der Waals surface area contributed by atoms with Crippen LogP contribution in [-0.4, -0.2) is 14.2 Å². The number of hydrogen-bond donors (Lipinski definition) is 0. The normalized spacial score (nSPS) is 11.6. The van der Waals surface area contributed by atoms with E-state index in [1.54, 1.807) is 19.1 Å². The van der Waals surface area contributed by atoms with Crippen LogP contribution in [0.25, 0.3) is 10.8 Å². The number of benzene rings is 2. The maximum atomic E-state index is 11.3. The molecule has 0 aromatic heterocycles. The molecule has 2 aromatic carbocycles. The minimum Gasteiger partial charge on any atom is -0.205 e. The Morgan fingerprint density at radius 3 is 2.44 bits per heavy atom. The molecular weight excluding hydrogens is 222 g/mol. The molecule has 0 amide bonds. The summed E-state index contributed by atoms with van der Waals surface area (Å²) in [6.07, 6.45) is 0. The molecule has 1 radical (unpaired) electrons.